The molecule has 1 aromatic heterocycles. The van der Waals surface area contributed by atoms with E-state index < -0.39 is 5.97 Å². The zero-order valence-corrected chi connectivity index (χ0v) is 10.4. The molecule has 0 unspecified atom stereocenters. The molecule has 19 heavy (non-hydrogen) atoms. The number of hydrogen-bond acceptors (Lipinski definition) is 4. The van der Waals surface area contributed by atoms with Gasteiger partial charge in [0.05, 0.1) is 13.7 Å². The normalized spacial score (nSPS) is 9.95. The molecule has 0 aliphatic rings. The number of methoxy groups -OCH3 is 1. The van der Waals surface area contributed by atoms with Crippen LogP contribution < -0.4 is 5.32 Å². The van der Waals surface area contributed by atoms with E-state index in [1.807, 2.05) is 18.2 Å². The summed E-state index contributed by atoms with van der Waals surface area (Å²) in [5.41, 5.74) is 1.87. The minimum Gasteiger partial charge on any atom is -0.464 e. The number of carbonyl (C=O) groups excluding carboxylic acids is 2. The lowest BCUT2D eigenvalue weighted by molar-refractivity contribution is -0.105. The first-order chi connectivity index (χ1) is 9.24. The van der Waals surface area contributed by atoms with E-state index in [0.717, 1.165) is 5.56 Å². The number of nitrogens with zero attached hydrogens (tertiary/aromatic N) is 2. The van der Waals surface area contributed by atoms with Gasteiger partial charge in [-0.25, -0.2) is 4.79 Å². The predicted octanol–water partition coefficient (Wildman–Crippen LogP) is 1.29. The smallest absolute Gasteiger partial charge is 0.358 e. The van der Waals surface area contributed by atoms with Crippen LogP contribution >= 0.6 is 0 Å². The molecule has 1 N–H and O–H groups in total. The van der Waals surface area contributed by atoms with Gasteiger partial charge in [-0.3, -0.25) is 9.48 Å². The van der Waals surface area contributed by atoms with Crippen LogP contribution in [0.15, 0.2) is 36.5 Å². The Labute approximate surface area is 110 Å². The quantitative estimate of drug-likeness (QED) is 0.648. The second-order valence-electron chi connectivity index (χ2n) is 3.81. The summed E-state index contributed by atoms with van der Waals surface area (Å²) in [6.45, 7) is 0.452. The van der Waals surface area contributed by atoms with E-state index in [1.165, 1.54) is 7.11 Å². The number of hydrogen-bond donors (Lipinski definition) is 1. The molecule has 6 heteroatoms. The second kappa shape index (κ2) is 5.81. The Hall–Kier alpha value is -2.63. The maximum atomic E-state index is 11.3. The zero-order valence-electron chi connectivity index (χ0n) is 10.4. The highest BCUT2D eigenvalue weighted by molar-refractivity contribution is 5.86. The van der Waals surface area contributed by atoms with Gasteiger partial charge in [0.1, 0.15) is 0 Å². The van der Waals surface area contributed by atoms with Crippen LogP contribution in [0.25, 0.3) is 0 Å². The van der Waals surface area contributed by atoms with Gasteiger partial charge in [0.15, 0.2) is 5.69 Å². The molecule has 0 saturated carbocycles. The molecule has 2 rings (SSSR count). The van der Waals surface area contributed by atoms with E-state index in [-0.39, 0.29) is 5.69 Å². The highest BCUT2D eigenvalue weighted by atomic mass is 16.5. The molecule has 0 radical (unpaired) electrons. The van der Waals surface area contributed by atoms with Crippen molar-refractivity contribution in [3.63, 3.8) is 0 Å². The maximum absolute atomic E-state index is 11.3. The Morgan fingerprint density at radius 1 is 1.42 bits per heavy atom. The Morgan fingerprint density at radius 2 is 2.21 bits per heavy atom. The Morgan fingerprint density at radius 3 is 2.95 bits per heavy atom. The van der Waals surface area contributed by atoms with Crippen molar-refractivity contribution in [2.75, 3.05) is 12.4 Å². The number of benzene rings is 1. The summed E-state index contributed by atoms with van der Waals surface area (Å²) in [5, 5.41) is 6.73. The van der Waals surface area contributed by atoms with Crippen molar-refractivity contribution in [3.05, 3.63) is 47.8 Å². The van der Waals surface area contributed by atoms with Gasteiger partial charge in [-0.1, -0.05) is 18.2 Å². The van der Waals surface area contributed by atoms with E-state index >= 15 is 0 Å². The molecule has 0 atom stereocenters. The number of para-hydroxylation sites is 1. The summed E-state index contributed by atoms with van der Waals surface area (Å²) in [5.74, 6) is -0.474. The third-order valence-electron chi connectivity index (χ3n) is 2.60. The lowest BCUT2D eigenvalue weighted by atomic mass is 10.2. The third kappa shape index (κ3) is 2.98. The van der Waals surface area contributed by atoms with E-state index in [2.05, 4.69) is 15.2 Å². The minimum absolute atomic E-state index is 0.253. The van der Waals surface area contributed by atoms with Crippen LogP contribution in [0, 0.1) is 0 Å². The first-order valence-electron chi connectivity index (χ1n) is 5.64. The summed E-state index contributed by atoms with van der Waals surface area (Å²) in [6, 6.07) is 8.97. The molecule has 0 spiro atoms. The molecular formula is C13H13N3O3. The summed E-state index contributed by atoms with van der Waals surface area (Å²) >= 11 is 0. The molecule has 0 saturated heterocycles. The summed E-state index contributed by atoms with van der Waals surface area (Å²) in [6.07, 6.45) is 2.31. The Kier molecular flexibility index (Phi) is 3.92. The van der Waals surface area contributed by atoms with E-state index in [4.69, 9.17) is 0 Å². The average Bonchev–Trinajstić information content (AvgIpc) is 2.89. The van der Waals surface area contributed by atoms with E-state index in [9.17, 15) is 9.59 Å². The lowest BCUT2D eigenvalue weighted by Gasteiger charge is -2.07. The van der Waals surface area contributed by atoms with Crippen molar-refractivity contribution in [2.45, 2.75) is 6.54 Å². The molecule has 0 fully saturated rings. The molecule has 1 heterocycles. The van der Waals surface area contributed by atoms with Gasteiger partial charge in [0.2, 0.25) is 6.41 Å². The monoisotopic (exact) mass is 259 g/mol. The number of ether oxygens (including phenoxy) is 1. The first-order valence-corrected chi connectivity index (χ1v) is 5.64. The van der Waals surface area contributed by atoms with Crippen molar-refractivity contribution in [2.24, 2.45) is 0 Å². The molecule has 0 aliphatic carbocycles. The topological polar surface area (TPSA) is 73.2 Å². The van der Waals surface area contributed by atoms with Crippen LogP contribution in [0.4, 0.5) is 5.69 Å². The fraction of sp³-hybridized carbons (Fsp3) is 0.154. The van der Waals surface area contributed by atoms with Crippen LogP contribution in [0.3, 0.4) is 0 Å². The fourth-order valence-corrected chi connectivity index (χ4v) is 1.70. The minimum atomic E-state index is -0.474. The predicted molar refractivity (Wildman–Crippen MR) is 68.8 cm³/mol. The van der Waals surface area contributed by atoms with Crippen LogP contribution in [0.5, 0.6) is 0 Å². The highest BCUT2D eigenvalue weighted by Gasteiger charge is 2.10. The molecule has 98 valence electrons. The van der Waals surface area contributed by atoms with Crippen LogP contribution in [-0.2, 0) is 16.1 Å². The average molecular weight is 259 g/mol. The standard InChI is InChI=1S/C13H13N3O3/c1-19-13(18)12-6-7-16(15-12)8-10-4-2-3-5-11(10)14-9-17/h2-7,9H,8H2,1H3,(H,14,17). The summed E-state index contributed by atoms with van der Waals surface area (Å²) in [4.78, 5) is 21.8. The van der Waals surface area contributed by atoms with Crippen molar-refractivity contribution in [3.8, 4) is 0 Å². The van der Waals surface area contributed by atoms with Crippen LogP contribution in [0.2, 0.25) is 0 Å². The lowest BCUT2D eigenvalue weighted by Crippen LogP contribution is -2.07. The number of anilines is 1. The maximum Gasteiger partial charge on any atom is 0.358 e. The van der Waals surface area contributed by atoms with Crippen molar-refractivity contribution in [1.29, 1.82) is 0 Å². The van der Waals surface area contributed by atoms with Crippen LogP contribution in [0.1, 0.15) is 16.1 Å². The van der Waals surface area contributed by atoms with Gasteiger partial charge in [0.25, 0.3) is 0 Å². The Balaban J connectivity index is 2.19. The van der Waals surface area contributed by atoms with Crippen molar-refractivity contribution < 1.29 is 14.3 Å². The first kappa shape index (κ1) is 12.8. The largest absolute Gasteiger partial charge is 0.464 e. The van der Waals surface area contributed by atoms with Crippen molar-refractivity contribution in [1.82, 2.24) is 9.78 Å². The van der Waals surface area contributed by atoms with Gasteiger partial charge in [-0.15, -0.1) is 0 Å². The van der Waals surface area contributed by atoms with Gasteiger partial charge < -0.3 is 10.1 Å². The van der Waals surface area contributed by atoms with E-state index in [0.29, 0.717) is 18.6 Å². The van der Waals surface area contributed by atoms with Gasteiger partial charge in [0, 0.05) is 11.9 Å². The Bertz CT molecular complexity index is 592. The SMILES string of the molecule is COC(=O)c1ccn(Cc2ccccc2NC=O)n1. The number of carbonyl (C=O) groups is 2. The number of esters is 1. The molecule has 0 bridgehead atoms. The molecule has 2 aromatic rings. The summed E-state index contributed by atoms with van der Waals surface area (Å²) < 4.78 is 6.20. The summed E-state index contributed by atoms with van der Waals surface area (Å²) in [7, 11) is 1.31. The van der Waals surface area contributed by atoms with Crippen molar-refractivity contribution >= 4 is 18.1 Å². The van der Waals surface area contributed by atoms with Crippen LogP contribution in [-0.4, -0.2) is 29.3 Å². The molecular weight excluding hydrogens is 246 g/mol. The molecule has 0 aliphatic heterocycles. The highest BCUT2D eigenvalue weighted by Crippen LogP contribution is 2.15. The second-order valence-corrected chi connectivity index (χ2v) is 3.81. The zero-order chi connectivity index (χ0) is 13.7. The van der Waals surface area contributed by atoms with E-state index in [1.54, 1.807) is 23.0 Å². The van der Waals surface area contributed by atoms with Gasteiger partial charge in [-0.05, 0) is 17.7 Å². The number of aromatic nitrogens is 2. The van der Waals surface area contributed by atoms with Gasteiger partial charge >= 0.3 is 5.97 Å². The molecule has 1 aromatic carbocycles. The molecule has 6 nitrogen and oxygen atoms in total. The number of nitrogens with one attached hydrogen (secondary N) is 1. The molecule has 1 amide bonds. The van der Waals surface area contributed by atoms with Gasteiger partial charge in [-0.2, -0.15) is 5.10 Å². The number of rotatable bonds is 5. The third-order valence-corrected chi connectivity index (χ3v) is 2.60. The number of amides is 1. The fourth-order valence-electron chi connectivity index (χ4n) is 1.70.